The summed E-state index contributed by atoms with van der Waals surface area (Å²) in [6, 6.07) is -1.33. The number of carbonyl (C=O) groups is 2. The van der Waals surface area contributed by atoms with Crippen LogP contribution in [0.5, 0.6) is 0 Å². The molecule has 19 heavy (non-hydrogen) atoms. The van der Waals surface area contributed by atoms with E-state index in [4.69, 9.17) is 10.8 Å². The van der Waals surface area contributed by atoms with Crippen LogP contribution in [0.3, 0.4) is 0 Å². The molecule has 6 heteroatoms. The normalized spacial score (nSPS) is 22.2. The highest BCUT2D eigenvalue weighted by atomic mass is 16.4. The summed E-state index contributed by atoms with van der Waals surface area (Å²) >= 11 is 0. The molecule has 3 atom stereocenters. The van der Waals surface area contributed by atoms with Gasteiger partial charge in [-0.2, -0.15) is 0 Å². The van der Waals surface area contributed by atoms with E-state index in [-0.39, 0.29) is 11.9 Å². The zero-order valence-corrected chi connectivity index (χ0v) is 11.7. The van der Waals surface area contributed by atoms with E-state index in [9.17, 15) is 9.59 Å². The van der Waals surface area contributed by atoms with E-state index >= 15 is 0 Å². The van der Waals surface area contributed by atoms with Gasteiger partial charge in [0.05, 0.1) is 6.04 Å². The first kappa shape index (κ1) is 15.9. The Morgan fingerprint density at radius 1 is 1.47 bits per heavy atom. The fourth-order valence-corrected chi connectivity index (χ4v) is 2.36. The maximum absolute atomic E-state index is 11.8. The lowest BCUT2D eigenvalue weighted by Crippen LogP contribution is -2.50. The number of rotatable bonds is 7. The van der Waals surface area contributed by atoms with Gasteiger partial charge in [-0.05, 0) is 38.1 Å². The van der Waals surface area contributed by atoms with E-state index in [1.54, 1.807) is 0 Å². The monoisotopic (exact) mass is 271 g/mol. The molecule has 1 amide bonds. The number of hydrogen-bond acceptors (Lipinski definition) is 4. The molecule has 0 bridgehead atoms. The zero-order chi connectivity index (χ0) is 14.4. The number of carboxylic acid groups (broad SMARTS) is 1. The molecule has 3 unspecified atom stereocenters. The van der Waals surface area contributed by atoms with E-state index in [0.717, 1.165) is 19.4 Å². The van der Waals surface area contributed by atoms with Crippen LogP contribution in [0.15, 0.2) is 0 Å². The highest BCUT2D eigenvalue weighted by Crippen LogP contribution is 2.12. The first-order valence-electron chi connectivity index (χ1n) is 6.92. The number of hydrogen-bond donors (Lipinski definition) is 4. The van der Waals surface area contributed by atoms with Gasteiger partial charge in [-0.25, -0.2) is 4.79 Å². The van der Waals surface area contributed by atoms with Gasteiger partial charge in [0.15, 0.2) is 0 Å². The van der Waals surface area contributed by atoms with Crippen LogP contribution < -0.4 is 16.4 Å². The number of amides is 1. The molecule has 0 radical (unpaired) electrons. The minimum atomic E-state index is -1.00. The van der Waals surface area contributed by atoms with Crippen LogP contribution >= 0.6 is 0 Å². The van der Waals surface area contributed by atoms with Crippen LogP contribution in [0.2, 0.25) is 0 Å². The lowest BCUT2D eigenvalue weighted by atomic mass is 10.0. The van der Waals surface area contributed by atoms with Crippen molar-refractivity contribution in [2.75, 3.05) is 6.54 Å². The molecule has 0 spiro atoms. The Morgan fingerprint density at radius 2 is 2.16 bits per heavy atom. The minimum Gasteiger partial charge on any atom is -0.480 e. The average molecular weight is 271 g/mol. The topological polar surface area (TPSA) is 104 Å². The van der Waals surface area contributed by atoms with Crippen molar-refractivity contribution < 1.29 is 14.7 Å². The Bertz CT molecular complexity index is 314. The van der Waals surface area contributed by atoms with Crippen molar-refractivity contribution >= 4 is 11.9 Å². The van der Waals surface area contributed by atoms with Crippen molar-refractivity contribution in [3.8, 4) is 0 Å². The molecular formula is C13H25N3O3. The van der Waals surface area contributed by atoms with E-state index < -0.39 is 18.1 Å². The summed E-state index contributed by atoms with van der Waals surface area (Å²) in [7, 11) is 0. The highest BCUT2D eigenvalue weighted by Gasteiger charge is 2.27. The summed E-state index contributed by atoms with van der Waals surface area (Å²) in [6.45, 7) is 4.87. The Hall–Kier alpha value is -1.14. The Kier molecular flexibility index (Phi) is 6.24. The van der Waals surface area contributed by atoms with Gasteiger partial charge in [0, 0.05) is 6.04 Å². The van der Waals surface area contributed by atoms with E-state index in [2.05, 4.69) is 10.6 Å². The van der Waals surface area contributed by atoms with Crippen molar-refractivity contribution in [3.63, 3.8) is 0 Å². The maximum atomic E-state index is 11.8. The maximum Gasteiger partial charge on any atom is 0.326 e. The fraction of sp³-hybridized carbons (Fsp3) is 0.846. The summed E-state index contributed by atoms with van der Waals surface area (Å²) in [5.41, 5.74) is 5.75. The van der Waals surface area contributed by atoms with Gasteiger partial charge < -0.3 is 21.5 Å². The molecule has 1 aliphatic heterocycles. The Balaban J connectivity index is 2.47. The lowest BCUT2D eigenvalue weighted by molar-refractivity contribution is -0.142. The third-order valence-electron chi connectivity index (χ3n) is 3.36. The SMILES string of the molecule is CC(C)CC(N)C(=O)NC(CC1CCCN1)C(=O)O. The largest absolute Gasteiger partial charge is 0.480 e. The van der Waals surface area contributed by atoms with Crippen molar-refractivity contribution in [2.24, 2.45) is 11.7 Å². The molecule has 0 aromatic rings. The van der Waals surface area contributed by atoms with Crippen LogP contribution in [0, 0.1) is 5.92 Å². The quantitative estimate of drug-likeness (QED) is 0.524. The molecule has 0 aromatic heterocycles. The number of nitrogens with one attached hydrogen (secondary N) is 2. The number of aliphatic carboxylic acids is 1. The van der Waals surface area contributed by atoms with Crippen LogP contribution in [-0.2, 0) is 9.59 Å². The van der Waals surface area contributed by atoms with E-state index in [1.165, 1.54) is 0 Å². The van der Waals surface area contributed by atoms with Crippen LogP contribution in [0.25, 0.3) is 0 Å². The van der Waals surface area contributed by atoms with Gasteiger partial charge in [0.2, 0.25) is 5.91 Å². The van der Waals surface area contributed by atoms with Gasteiger partial charge in [0.1, 0.15) is 6.04 Å². The number of carboxylic acids is 1. The van der Waals surface area contributed by atoms with E-state index in [0.29, 0.717) is 18.8 Å². The number of carbonyl (C=O) groups excluding carboxylic acids is 1. The van der Waals surface area contributed by atoms with Gasteiger partial charge in [-0.3, -0.25) is 4.79 Å². The minimum absolute atomic E-state index is 0.169. The third-order valence-corrected chi connectivity index (χ3v) is 3.36. The standard InChI is InChI=1S/C13H25N3O3/c1-8(2)6-10(14)12(17)16-11(13(18)19)7-9-4-3-5-15-9/h8-11,15H,3-7,14H2,1-2H3,(H,16,17)(H,18,19). The summed E-state index contributed by atoms with van der Waals surface area (Å²) in [6.07, 6.45) is 2.98. The Morgan fingerprint density at radius 3 is 2.63 bits per heavy atom. The molecular weight excluding hydrogens is 246 g/mol. The molecule has 6 nitrogen and oxygen atoms in total. The molecule has 0 saturated carbocycles. The van der Waals surface area contributed by atoms with E-state index in [1.807, 2.05) is 13.8 Å². The summed E-state index contributed by atoms with van der Waals surface area (Å²) in [5, 5.41) is 14.9. The summed E-state index contributed by atoms with van der Waals surface area (Å²) < 4.78 is 0. The smallest absolute Gasteiger partial charge is 0.326 e. The van der Waals surface area contributed by atoms with Gasteiger partial charge in [0.25, 0.3) is 0 Å². The molecule has 0 aliphatic carbocycles. The predicted octanol–water partition coefficient (Wildman–Crippen LogP) is 0.0713. The van der Waals surface area contributed by atoms with Crippen molar-refractivity contribution in [2.45, 2.75) is 57.7 Å². The van der Waals surface area contributed by atoms with Gasteiger partial charge >= 0.3 is 5.97 Å². The first-order valence-corrected chi connectivity index (χ1v) is 6.92. The summed E-state index contributed by atoms with van der Waals surface area (Å²) in [4.78, 5) is 23.0. The summed E-state index contributed by atoms with van der Waals surface area (Å²) in [5.74, 6) is -1.07. The molecule has 1 heterocycles. The lowest BCUT2D eigenvalue weighted by Gasteiger charge is -2.21. The molecule has 110 valence electrons. The average Bonchev–Trinajstić information content (AvgIpc) is 2.79. The molecule has 1 rings (SSSR count). The second kappa shape index (κ2) is 7.45. The van der Waals surface area contributed by atoms with Crippen LogP contribution in [-0.4, -0.2) is 41.7 Å². The van der Waals surface area contributed by atoms with Crippen molar-refractivity contribution in [1.29, 1.82) is 0 Å². The zero-order valence-electron chi connectivity index (χ0n) is 11.7. The fourth-order valence-electron chi connectivity index (χ4n) is 2.36. The van der Waals surface area contributed by atoms with Crippen LogP contribution in [0.4, 0.5) is 0 Å². The first-order chi connectivity index (χ1) is 8.90. The van der Waals surface area contributed by atoms with Gasteiger partial charge in [-0.15, -0.1) is 0 Å². The number of nitrogens with two attached hydrogens (primary N) is 1. The molecule has 1 saturated heterocycles. The van der Waals surface area contributed by atoms with Crippen LogP contribution in [0.1, 0.15) is 39.5 Å². The molecule has 0 aromatic carbocycles. The van der Waals surface area contributed by atoms with Gasteiger partial charge in [-0.1, -0.05) is 13.8 Å². The van der Waals surface area contributed by atoms with Crippen molar-refractivity contribution in [1.82, 2.24) is 10.6 Å². The molecule has 5 N–H and O–H groups in total. The third kappa shape index (κ3) is 5.57. The molecule has 1 aliphatic rings. The van der Waals surface area contributed by atoms with Crippen molar-refractivity contribution in [3.05, 3.63) is 0 Å². The second-order valence-corrected chi connectivity index (χ2v) is 5.66. The molecule has 1 fully saturated rings. The Labute approximate surface area is 114 Å². The highest BCUT2D eigenvalue weighted by molar-refractivity contribution is 5.86. The predicted molar refractivity (Wildman–Crippen MR) is 72.6 cm³/mol. The second-order valence-electron chi connectivity index (χ2n) is 5.66.